The van der Waals surface area contributed by atoms with Gasteiger partial charge in [-0.05, 0) is 0 Å². The van der Waals surface area contributed by atoms with Crippen LogP contribution in [0.25, 0.3) is 0 Å². The molecule has 0 aromatic rings. The van der Waals surface area contributed by atoms with Gasteiger partial charge in [0.05, 0.1) is 0 Å². The summed E-state index contributed by atoms with van der Waals surface area (Å²) in [6.07, 6.45) is 0. The Morgan fingerprint density at radius 2 is 1.55 bits per heavy atom. The third kappa shape index (κ3) is 25.0. The molecule has 0 spiro atoms. The molecule has 6 nitrogen and oxygen atoms in total. The van der Waals surface area contributed by atoms with Crippen LogP contribution in [0.1, 0.15) is 4.28 Å². The second-order valence-corrected chi connectivity index (χ2v) is 2.11. The quantitative estimate of drug-likeness (QED) is 0.285. The number of hydrogen-bond donors (Lipinski definition) is 4. The van der Waals surface area contributed by atoms with Crippen LogP contribution in [-0.4, -0.2) is 27.2 Å². The van der Waals surface area contributed by atoms with Gasteiger partial charge in [0.15, 0.2) is 0 Å². The SMILES string of the molecule is O=P(O)(O)OB(O)O.[H-].[H-].[H-].[K+].[K+].[Na+]. The molecule has 0 amide bonds. The zero-order valence-electron chi connectivity index (χ0n) is 9.63. The Labute approximate surface area is 176 Å². The molecule has 0 aromatic carbocycles. The molecule has 11 heavy (non-hydrogen) atoms. The molecule has 0 aliphatic rings. The van der Waals surface area contributed by atoms with Crippen molar-refractivity contribution >= 4 is 15.1 Å². The third-order valence-corrected chi connectivity index (χ3v) is 0.695. The zero-order chi connectivity index (χ0) is 6.78. The van der Waals surface area contributed by atoms with Crippen molar-refractivity contribution in [3.8, 4) is 0 Å². The van der Waals surface area contributed by atoms with E-state index in [9.17, 15) is 4.57 Å². The summed E-state index contributed by atoms with van der Waals surface area (Å²) in [5, 5.41) is 15.5. The molecule has 11 heteroatoms. The van der Waals surface area contributed by atoms with Gasteiger partial charge >= 0.3 is 147 Å². The number of rotatable bonds is 2. The second-order valence-electron chi connectivity index (χ2n) is 0.922. The van der Waals surface area contributed by atoms with Gasteiger partial charge < -0.3 is 24.1 Å². The average molecular weight is 246 g/mol. The van der Waals surface area contributed by atoms with Gasteiger partial charge in [-0.3, -0.25) is 4.44 Å². The van der Waals surface area contributed by atoms with E-state index in [-0.39, 0.29) is 137 Å². The van der Waals surface area contributed by atoms with E-state index in [4.69, 9.17) is 19.8 Å². The molecule has 0 saturated carbocycles. The van der Waals surface area contributed by atoms with Crippen molar-refractivity contribution in [1.82, 2.24) is 0 Å². The van der Waals surface area contributed by atoms with E-state index in [1.807, 2.05) is 0 Å². The van der Waals surface area contributed by atoms with E-state index >= 15 is 0 Å². The molecule has 0 atom stereocenters. The Hall–Kier alpha value is 4.37. The van der Waals surface area contributed by atoms with Gasteiger partial charge in [-0.2, -0.15) is 0 Å². The third-order valence-electron chi connectivity index (χ3n) is 0.232. The maximum absolute atomic E-state index is 9.59. The van der Waals surface area contributed by atoms with Crippen LogP contribution in [0.15, 0.2) is 0 Å². The first kappa shape index (κ1) is 24.5. The van der Waals surface area contributed by atoms with Crippen molar-refractivity contribution in [3.63, 3.8) is 0 Å². The van der Waals surface area contributed by atoms with Crippen molar-refractivity contribution in [1.29, 1.82) is 0 Å². The molecule has 0 aliphatic carbocycles. The summed E-state index contributed by atoms with van der Waals surface area (Å²) >= 11 is 0. The van der Waals surface area contributed by atoms with Crippen LogP contribution in [0.2, 0.25) is 0 Å². The minimum absolute atomic E-state index is 0. The molecular formula is H7BK2NaO6P. The van der Waals surface area contributed by atoms with Crippen LogP contribution in [0.5, 0.6) is 0 Å². The Kier molecular flexibility index (Phi) is 27.8. The first-order valence-electron chi connectivity index (χ1n) is 1.52. The van der Waals surface area contributed by atoms with Crippen molar-refractivity contribution in [2.75, 3.05) is 0 Å². The van der Waals surface area contributed by atoms with Crippen molar-refractivity contribution in [2.45, 2.75) is 0 Å². The normalized spacial score (nSPS) is 8.36. The average Bonchev–Trinajstić information content (AvgIpc) is 1.21. The number of phosphoric acid groups is 1. The van der Waals surface area contributed by atoms with E-state index in [0.29, 0.717) is 0 Å². The fourth-order valence-electron chi connectivity index (χ4n) is 0.123. The maximum atomic E-state index is 9.59. The van der Waals surface area contributed by atoms with Gasteiger partial charge in [-0.1, -0.05) is 0 Å². The minimum atomic E-state index is -4.72. The van der Waals surface area contributed by atoms with Crippen LogP contribution < -0.4 is 132 Å². The van der Waals surface area contributed by atoms with Crippen LogP contribution in [0, 0.1) is 0 Å². The first-order valence-corrected chi connectivity index (χ1v) is 3.05. The fraction of sp³-hybridized carbons (Fsp3) is 0. The Bertz CT molecular complexity index is 124. The summed E-state index contributed by atoms with van der Waals surface area (Å²) < 4.78 is 12.8. The van der Waals surface area contributed by atoms with Crippen molar-refractivity contribution < 1.29 is 165 Å². The molecule has 0 fully saturated rings. The number of hydrogen-bond acceptors (Lipinski definition) is 4. The Morgan fingerprint density at radius 3 is 1.55 bits per heavy atom. The monoisotopic (exact) mass is 246 g/mol. The Balaban J connectivity index is -0.0000000163. The summed E-state index contributed by atoms with van der Waals surface area (Å²) in [4.78, 5) is 15.5. The molecule has 54 valence electrons. The minimum Gasteiger partial charge on any atom is -1.00 e. The van der Waals surface area contributed by atoms with E-state index in [2.05, 4.69) is 4.44 Å². The summed E-state index contributed by atoms with van der Waals surface area (Å²) in [7, 11) is -7.14. The van der Waals surface area contributed by atoms with Crippen LogP contribution in [0.3, 0.4) is 0 Å². The molecule has 0 heterocycles. The van der Waals surface area contributed by atoms with Crippen molar-refractivity contribution in [2.24, 2.45) is 0 Å². The second kappa shape index (κ2) is 12.4. The molecule has 0 bridgehead atoms. The Morgan fingerprint density at radius 1 is 1.27 bits per heavy atom. The zero-order valence-corrected chi connectivity index (χ0v) is 15.8. The molecule has 0 aromatic heterocycles. The van der Waals surface area contributed by atoms with Crippen LogP contribution in [-0.2, 0) is 9.01 Å². The predicted molar refractivity (Wildman–Crippen MR) is 26.7 cm³/mol. The van der Waals surface area contributed by atoms with Gasteiger partial charge in [0.2, 0.25) is 0 Å². The summed E-state index contributed by atoms with van der Waals surface area (Å²) in [6, 6.07) is 0. The molecular weight excluding hydrogens is 239 g/mol. The van der Waals surface area contributed by atoms with E-state index < -0.39 is 15.1 Å². The predicted octanol–water partition coefficient (Wildman–Crippen LogP) is -10.6. The van der Waals surface area contributed by atoms with Gasteiger partial charge in [-0.25, -0.2) is 4.57 Å². The molecule has 4 N–H and O–H groups in total. The maximum Gasteiger partial charge on any atom is 1.00 e. The van der Waals surface area contributed by atoms with E-state index in [1.54, 1.807) is 0 Å². The largest absolute Gasteiger partial charge is 1.00 e. The summed E-state index contributed by atoms with van der Waals surface area (Å²) in [5.41, 5.74) is 0. The van der Waals surface area contributed by atoms with E-state index in [1.165, 1.54) is 0 Å². The van der Waals surface area contributed by atoms with Gasteiger partial charge in [0, 0.05) is 0 Å². The summed E-state index contributed by atoms with van der Waals surface area (Å²) in [6.45, 7) is 0. The molecule has 0 aliphatic heterocycles. The smallest absolute Gasteiger partial charge is 1.00 e. The van der Waals surface area contributed by atoms with Gasteiger partial charge in [0.1, 0.15) is 0 Å². The van der Waals surface area contributed by atoms with Gasteiger partial charge in [-0.15, -0.1) is 0 Å². The van der Waals surface area contributed by atoms with Crippen LogP contribution in [0.4, 0.5) is 0 Å². The molecule has 0 rings (SSSR count). The summed E-state index contributed by atoms with van der Waals surface area (Å²) in [5.74, 6) is 0. The molecule has 0 unspecified atom stereocenters. The topological polar surface area (TPSA) is 107 Å². The first-order chi connectivity index (χ1) is 3.42. The van der Waals surface area contributed by atoms with Crippen LogP contribution >= 0.6 is 7.82 Å². The molecule has 0 radical (unpaired) electrons. The fourth-order valence-corrected chi connectivity index (χ4v) is 0.368. The standard InChI is InChI=1S/BH4O6P.2K.Na.3H/c2-1(3)7-8(4,5)6;;;;;;/h2-3H,(H2,4,5,6);;;;;;/q;3*+1;3*-1. The molecule has 0 saturated heterocycles. The van der Waals surface area contributed by atoms with E-state index in [0.717, 1.165) is 0 Å². The van der Waals surface area contributed by atoms with Crippen molar-refractivity contribution in [3.05, 3.63) is 0 Å². The van der Waals surface area contributed by atoms with Gasteiger partial charge in [0.25, 0.3) is 0 Å².